The number of benzene rings is 1. The third-order valence-electron chi connectivity index (χ3n) is 8.64. The molecule has 14 heteroatoms. The number of nitrogens with one attached hydrogen (secondary N) is 2. The molecule has 256 valence electrons. The van der Waals surface area contributed by atoms with Gasteiger partial charge in [-0.1, -0.05) is 35.9 Å². The maximum Gasteiger partial charge on any atom is 0.410 e. The first kappa shape index (κ1) is 34.5. The molecule has 0 aromatic heterocycles. The number of amides is 4. The summed E-state index contributed by atoms with van der Waals surface area (Å²) in [5.74, 6) is -1.99. The van der Waals surface area contributed by atoms with Crippen LogP contribution in [0.25, 0.3) is 0 Å². The molecule has 1 saturated carbocycles. The van der Waals surface area contributed by atoms with E-state index in [2.05, 4.69) is 10.6 Å². The van der Waals surface area contributed by atoms with Gasteiger partial charge < -0.3 is 34.5 Å². The molecule has 4 amide bonds. The van der Waals surface area contributed by atoms with Crippen LogP contribution in [-0.2, 0) is 46.4 Å². The van der Waals surface area contributed by atoms with Gasteiger partial charge in [-0.25, -0.2) is 14.4 Å². The number of halogens is 1. The first-order valence-electron chi connectivity index (χ1n) is 16.1. The number of esters is 1. The number of carbonyl (C=O) groups is 5. The van der Waals surface area contributed by atoms with Crippen molar-refractivity contribution in [2.24, 2.45) is 5.92 Å². The highest BCUT2D eigenvalue weighted by Crippen LogP contribution is 2.46. The van der Waals surface area contributed by atoms with Crippen LogP contribution < -0.4 is 10.6 Å². The second-order valence-corrected chi connectivity index (χ2v) is 13.7. The Kier molecular flexibility index (Phi) is 10.4. The Bertz CT molecular complexity index is 1430. The van der Waals surface area contributed by atoms with Gasteiger partial charge in [0.05, 0.1) is 26.3 Å². The lowest BCUT2D eigenvalue weighted by molar-refractivity contribution is -0.150. The molecule has 1 saturated heterocycles. The molecule has 13 nitrogen and oxygen atoms in total. The summed E-state index contributed by atoms with van der Waals surface area (Å²) in [7, 11) is 0. The zero-order valence-corrected chi connectivity index (χ0v) is 28.0. The molecule has 47 heavy (non-hydrogen) atoms. The van der Waals surface area contributed by atoms with Crippen molar-refractivity contribution >= 4 is 41.6 Å². The van der Waals surface area contributed by atoms with Crippen molar-refractivity contribution in [3.05, 3.63) is 46.5 Å². The average molecular weight is 675 g/mol. The van der Waals surface area contributed by atoms with E-state index in [0.717, 1.165) is 11.1 Å². The maximum atomic E-state index is 14.1. The van der Waals surface area contributed by atoms with Crippen molar-refractivity contribution in [1.82, 2.24) is 20.4 Å². The molecule has 0 radical (unpaired) electrons. The highest BCUT2D eigenvalue weighted by atomic mass is 35.5. The smallest absolute Gasteiger partial charge is 0.410 e. The fourth-order valence-corrected chi connectivity index (χ4v) is 6.49. The van der Waals surface area contributed by atoms with E-state index in [9.17, 15) is 24.0 Å². The van der Waals surface area contributed by atoms with Crippen LogP contribution in [-0.4, -0.2) is 95.5 Å². The summed E-state index contributed by atoms with van der Waals surface area (Å²) in [6.07, 6.45) is 2.51. The Morgan fingerprint density at radius 2 is 1.96 bits per heavy atom. The topological polar surface area (TPSA) is 153 Å². The predicted octanol–water partition coefficient (Wildman–Crippen LogP) is 3.46. The number of hydrogen-bond acceptors (Lipinski definition) is 9. The van der Waals surface area contributed by atoms with Crippen molar-refractivity contribution < 1.29 is 42.9 Å². The van der Waals surface area contributed by atoms with Crippen LogP contribution in [0, 0.1) is 5.92 Å². The Hall–Kier alpha value is -3.84. The van der Waals surface area contributed by atoms with E-state index in [-0.39, 0.29) is 45.1 Å². The molecule has 1 aromatic carbocycles. The molecule has 0 spiro atoms. The lowest BCUT2D eigenvalue weighted by Crippen LogP contribution is -2.57. The van der Waals surface area contributed by atoms with Gasteiger partial charge in [-0.05, 0) is 57.7 Å². The summed E-state index contributed by atoms with van der Waals surface area (Å²) in [4.78, 5) is 70.1. The minimum atomic E-state index is -1.27. The average Bonchev–Trinajstić information content (AvgIpc) is 3.31. The minimum absolute atomic E-state index is 0.0140. The van der Waals surface area contributed by atoms with Crippen LogP contribution in [0.15, 0.2) is 30.4 Å². The van der Waals surface area contributed by atoms with E-state index in [1.54, 1.807) is 33.8 Å². The molecule has 5 rings (SSSR count). The molecule has 0 unspecified atom stereocenters. The third-order valence-corrected chi connectivity index (χ3v) is 8.99. The number of alkyl carbamates (subject to hydrolysis) is 1. The van der Waals surface area contributed by atoms with Gasteiger partial charge in [-0.15, -0.1) is 0 Å². The molecule has 4 aliphatic rings. The Labute approximate surface area is 279 Å². The van der Waals surface area contributed by atoms with Crippen LogP contribution >= 0.6 is 11.6 Å². The Morgan fingerprint density at radius 1 is 1.17 bits per heavy atom. The number of nitrogens with zero attached hydrogens (tertiary/aromatic N) is 2. The van der Waals surface area contributed by atoms with Gasteiger partial charge in [0.1, 0.15) is 29.3 Å². The van der Waals surface area contributed by atoms with Crippen LogP contribution in [0.3, 0.4) is 0 Å². The van der Waals surface area contributed by atoms with Gasteiger partial charge in [-0.3, -0.25) is 14.5 Å². The van der Waals surface area contributed by atoms with E-state index in [1.807, 2.05) is 24.3 Å². The van der Waals surface area contributed by atoms with Gasteiger partial charge in [0.25, 0.3) is 0 Å². The zero-order valence-electron chi connectivity index (χ0n) is 27.2. The van der Waals surface area contributed by atoms with Crippen molar-refractivity contribution in [3.8, 4) is 0 Å². The Morgan fingerprint density at radius 3 is 2.68 bits per heavy atom. The van der Waals surface area contributed by atoms with E-state index >= 15 is 0 Å². The first-order chi connectivity index (χ1) is 22.3. The standard InChI is InChI=1S/C33H43ClN4O9/c1-5-45-29(41)33-16-21(33)10-6-7-13-44-14-12-25(35-30(42)47-32(2,3)4)28(40)38-18-22(15-26(38)27(39)36-33)46-31(43)37-17-20-9-8-11-24(34)23(20)19-37/h6,8-11,21-22,25-26H,5,7,12-19H2,1-4H3,(H,35,42)(H,36,39)/b10-6-/t21-,22-,25+,26+,33-/m1/s1. The highest BCUT2D eigenvalue weighted by Gasteiger charge is 2.62. The molecule has 5 atom stereocenters. The second kappa shape index (κ2) is 14.1. The summed E-state index contributed by atoms with van der Waals surface area (Å²) in [6, 6.07) is 3.27. The molecule has 0 bridgehead atoms. The normalized spacial score (nSPS) is 28.4. The van der Waals surface area contributed by atoms with E-state index in [0.29, 0.717) is 31.0 Å². The third kappa shape index (κ3) is 8.01. The quantitative estimate of drug-likeness (QED) is 0.278. The lowest BCUT2D eigenvalue weighted by atomic mass is 10.1. The summed E-state index contributed by atoms with van der Waals surface area (Å²) in [6.45, 7) is 7.93. The van der Waals surface area contributed by atoms with Gasteiger partial charge in [0.2, 0.25) is 11.8 Å². The van der Waals surface area contributed by atoms with Crippen LogP contribution in [0.5, 0.6) is 0 Å². The predicted molar refractivity (Wildman–Crippen MR) is 169 cm³/mol. The molecule has 3 aliphatic heterocycles. The molecular weight excluding hydrogens is 632 g/mol. The zero-order chi connectivity index (χ0) is 33.9. The van der Waals surface area contributed by atoms with Crippen molar-refractivity contribution in [2.75, 3.05) is 26.4 Å². The van der Waals surface area contributed by atoms with Gasteiger partial charge in [0.15, 0.2) is 0 Å². The number of fused-ring (bicyclic) bond motifs is 3. The fourth-order valence-electron chi connectivity index (χ4n) is 6.24. The summed E-state index contributed by atoms with van der Waals surface area (Å²) < 4.78 is 22.4. The van der Waals surface area contributed by atoms with Crippen LogP contribution in [0.4, 0.5) is 9.59 Å². The van der Waals surface area contributed by atoms with Crippen molar-refractivity contribution in [1.29, 1.82) is 0 Å². The largest absolute Gasteiger partial charge is 0.464 e. The lowest BCUT2D eigenvalue weighted by Gasteiger charge is -2.30. The van der Waals surface area contributed by atoms with Crippen LogP contribution in [0.2, 0.25) is 5.02 Å². The number of ether oxygens (including phenoxy) is 4. The van der Waals surface area contributed by atoms with Crippen molar-refractivity contribution in [3.63, 3.8) is 0 Å². The highest BCUT2D eigenvalue weighted by molar-refractivity contribution is 6.31. The monoisotopic (exact) mass is 674 g/mol. The summed E-state index contributed by atoms with van der Waals surface area (Å²) in [5.41, 5.74) is -0.329. The maximum absolute atomic E-state index is 14.1. The van der Waals surface area contributed by atoms with E-state index in [4.69, 9.17) is 30.5 Å². The molecule has 3 heterocycles. The van der Waals surface area contributed by atoms with E-state index < -0.39 is 59.3 Å². The molecule has 1 aliphatic carbocycles. The summed E-state index contributed by atoms with van der Waals surface area (Å²) in [5, 5.41) is 6.08. The molecule has 2 fully saturated rings. The molecule has 2 N–H and O–H groups in total. The van der Waals surface area contributed by atoms with Gasteiger partial charge in [-0.2, -0.15) is 0 Å². The van der Waals surface area contributed by atoms with E-state index in [1.165, 1.54) is 9.80 Å². The van der Waals surface area contributed by atoms with Crippen LogP contribution in [0.1, 0.15) is 64.5 Å². The van der Waals surface area contributed by atoms with Crippen molar-refractivity contribution in [2.45, 2.75) is 95.8 Å². The molecule has 1 aromatic rings. The molecular formula is C33H43ClN4O9. The fraction of sp³-hybridized carbons (Fsp3) is 0.606. The second-order valence-electron chi connectivity index (χ2n) is 13.3. The number of hydrogen-bond donors (Lipinski definition) is 2. The van der Waals surface area contributed by atoms with Gasteiger partial charge in [0, 0.05) is 36.9 Å². The van der Waals surface area contributed by atoms with Gasteiger partial charge >= 0.3 is 18.2 Å². The minimum Gasteiger partial charge on any atom is -0.464 e. The summed E-state index contributed by atoms with van der Waals surface area (Å²) >= 11 is 6.34. The number of rotatable bonds is 4. The SMILES string of the molecule is CCOC(=O)[C@@]12C[C@H]1/C=C\CCOCC[C@H](NC(=O)OC(C)(C)C)C(=O)N1C[C@H](OC(=O)N3Cc4cccc(Cl)c4C3)C[C@H]1C(=O)N2. The number of carbonyl (C=O) groups excluding carboxylic acids is 5. The first-order valence-corrected chi connectivity index (χ1v) is 16.4. The Balaban J connectivity index is 1.38.